The van der Waals surface area contributed by atoms with E-state index in [4.69, 9.17) is 4.74 Å². The van der Waals surface area contributed by atoms with Gasteiger partial charge in [0.15, 0.2) is 0 Å². The number of benzene rings is 1. The Morgan fingerprint density at radius 2 is 1.85 bits per heavy atom. The van der Waals surface area contributed by atoms with Crippen molar-refractivity contribution in [2.45, 2.75) is 0 Å². The SMILES string of the molecule is COc1ccccc1Nc1nnc(-c2ccncc2)s1. The van der Waals surface area contributed by atoms with E-state index >= 15 is 0 Å². The Kier molecular flexibility index (Phi) is 3.56. The Morgan fingerprint density at radius 1 is 1.05 bits per heavy atom. The van der Waals surface area contributed by atoms with E-state index in [9.17, 15) is 0 Å². The maximum atomic E-state index is 5.29. The second-order valence-electron chi connectivity index (χ2n) is 3.97. The molecule has 3 aromatic rings. The van der Waals surface area contributed by atoms with Crippen LogP contribution in [0.1, 0.15) is 0 Å². The molecule has 1 N–H and O–H groups in total. The zero-order valence-electron chi connectivity index (χ0n) is 10.8. The van der Waals surface area contributed by atoms with Crippen molar-refractivity contribution < 1.29 is 4.74 Å². The zero-order valence-corrected chi connectivity index (χ0v) is 11.6. The second-order valence-corrected chi connectivity index (χ2v) is 4.95. The molecule has 0 fully saturated rings. The predicted octanol–water partition coefficient (Wildman–Crippen LogP) is 3.35. The standard InChI is InChI=1S/C14H12N4OS/c1-19-12-5-3-2-4-11(12)16-14-18-17-13(20-14)10-6-8-15-9-7-10/h2-9H,1H3,(H,16,18). The molecule has 6 heteroatoms. The van der Waals surface area contributed by atoms with Gasteiger partial charge in [0.25, 0.3) is 0 Å². The Morgan fingerprint density at radius 3 is 2.65 bits per heavy atom. The van der Waals surface area contributed by atoms with Crippen molar-refractivity contribution in [3.8, 4) is 16.3 Å². The first-order chi connectivity index (χ1) is 9.86. The molecule has 0 aliphatic heterocycles. The third kappa shape index (κ3) is 2.60. The van der Waals surface area contributed by atoms with Crippen molar-refractivity contribution in [2.75, 3.05) is 12.4 Å². The first-order valence-electron chi connectivity index (χ1n) is 6.01. The highest BCUT2D eigenvalue weighted by Crippen LogP contribution is 2.31. The lowest BCUT2D eigenvalue weighted by atomic mass is 10.3. The summed E-state index contributed by atoms with van der Waals surface area (Å²) in [4.78, 5) is 3.99. The number of methoxy groups -OCH3 is 1. The molecule has 0 radical (unpaired) electrons. The van der Waals surface area contributed by atoms with E-state index in [1.807, 2.05) is 36.4 Å². The largest absolute Gasteiger partial charge is 0.495 e. The molecule has 20 heavy (non-hydrogen) atoms. The summed E-state index contributed by atoms with van der Waals surface area (Å²) >= 11 is 1.48. The van der Waals surface area contributed by atoms with E-state index in [0.717, 1.165) is 27.1 Å². The maximum absolute atomic E-state index is 5.29. The molecular formula is C14H12N4OS. The number of nitrogens with one attached hydrogen (secondary N) is 1. The van der Waals surface area contributed by atoms with Crippen molar-refractivity contribution in [1.82, 2.24) is 15.2 Å². The number of pyridine rings is 1. The molecule has 0 amide bonds. The first kappa shape index (κ1) is 12.6. The van der Waals surface area contributed by atoms with Crippen LogP contribution in [-0.2, 0) is 0 Å². The smallest absolute Gasteiger partial charge is 0.210 e. The van der Waals surface area contributed by atoms with E-state index in [-0.39, 0.29) is 0 Å². The normalized spacial score (nSPS) is 10.2. The summed E-state index contributed by atoms with van der Waals surface area (Å²) in [6, 6.07) is 11.5. The van der Waals surface area contributed by atoms with Crippen molar-refractivity contribution in [3.63, 3.8) is 0 Å². The summed E-state index contributed by atoms with van der Waals surface area (Å²) in [5, 5.41) is 13.1. The van der Waals surface area contributed by atoms with Gasteiger partial charge in [0.2, 0.25) is 5.13 Å². The number of anilines is 2. The fourth-order valence-corrected chi connectivity index (χ4v) is 2.51. The van der Waals surface area contributed by atoms with E-state index in [1.54, 1.807) is 19.5 Å². The van der Waals surface area contributed by atoms with Gasteiger partial charge < -0.3 is 10.1 Å². The highest BCUT2D eigenvalue weighted by atomic mass is 32.1. The Hall–Kier alpha value is -2.47. The summed E-state index contributed by atoms with van der Waals surface area (Å²) < 4.78 is 5.29. The van der Waals surface area contributed by atoms with Gasteiger partial charge >= 0.3 is 0 Å². The van der Waals surface area contributed by atoms with Gasteiger partial charge in [-0.25, -0.2) is 0 Å². The third-order valence-corrected chi connectivity index (χ3v) is 3.59. The molecule has 0 spiro atoms. The van der Waals surface area contributed by atoms with Crippen molar-refractivity contribution in [3.05, 3.63) is 48.8 Å². The number of hydrogen-bond donors (Lipinski definition) is 1. The molecule has 0 atom stereocenters. The van der Waals surface area contributed by atoms with E-state index in [0.29, 0.717) is 0 Å². The molecule has 100 valence electrons. The molecule has 0 saturated heterocycles. The van der Waals surface area contributed by atoms with Crippen LogP contribution in [0.2, 0.25) is 0 Å². The van der Waals surface area contributed by atoms with Crippen LogP contribution < -0.4 is 10.1 Å². The topological polar surface area (TPSA) is 59.9 Å². The number of nitrogens with zero attached hydrogens (tertiary/aromatic N) is 3. The molecule has 0 aliphatic rings. The summed E-state index contributed by atoms with van der Waals surface area (Å²) in [6.45, 7) is 0. The number of hydrogen-bond acceptors (Lipinski definition) is 6. The lowest BCUT2D eigenvalue weighted by Crippen LogP contribution is -1.93. The minimum Gasteiger partial charge on any atom is -0.495 e. The fraction of sp³-hybridized carbons (Fsp3) is 0.0714. The maximum Gasteiger partial charge on any atom is 0.210 e. The summed E-state index contributed by atoms with van der Waals surface area (Å²) in [7, 11) is 1.64. The zero-order chi connectivity index (χ0) is 13.8. The van der Waals surface area contributed by atoms with Crippen LogP contribution >= 0.6 is 11.3 Å². The van der Waals surface area contributed by atoms with E-state index in [1.165, 1.54) is 11.3 Å². The third-order valence-electron chi connectivity index (χ3n) is 2.70. The molecule has 0 saturated carbocycles. The van der Waals surface area contributed by atoms with Gasteiger partial charge in [0.1, 0.15) is 10.8 Å². The Labute approximate surface area is 120 Å². The van der Waals surface area contributed by atoms with Crippen molar-refractivity contribution in [2.24, 2.45) is 0 Å². The minimum atomic E-state index is 0.723. The van der Waals surface area contributed by atoms with Gasteiger partial charge in [-0.1, -0.05) is 23.5 Å². The predicted molar refractivity (Wildman–Crippen MR) is 79.4 cm³/mol. The highest BCUT2D eigenvalue weighted by Gasteiger charge is 2.08. The van der Waals surface area contributed by atoms with Crippen LogP contribution in [-0.4, -0.2) is 22.3 Å². The van der Waals surface area contributed by atoms with Crippen LogP contribution in [0.5, 0.6) is 5.75 Å². The molecular weight excluding hydrogens is 272 g/mol. The molecule has 0 aliphatic carbocycles. The lowest BCUT2D eigenvalue weighted by Gasteiger charge is -2.07. The van der Waals surface area contributed by atoms with Gasteiger partial charge in [-0.2, -0.15) is 0 Å². The van der Waals surface area contributed by atoms with Crippen molar-refractivity contribution in [1.29, 1.82) is 0 Å². The number of ether oxygens (including phenoxy) is 1. The average Bonchev–Trinajstić information content (AvgIpc) is 2.97. The summed E-state index contributed by atoms with van der Waals surface area (Å²) in [5.41, 5.74) is 1.87. The Bertz CT molecular complexity index is 699. The highest BCUT2D eigenvalue weighted by molar-refractivity contribution is 7.18. The fourth-order valence-electron chi connectivity index (χ4n) is 1.75. The van der Waals surface area contributed by atoms with Crippen LogP contribution in [0.15, 0.2) is 48.8 Å². The van der Waals surface area contributed by atoms with Gasteiger partial charge in [0, 0.05) is 18.0 Å². The van der Waals surface area contributed by atoms with Gasteiger partial charge in [0.05, 0.1) is 12.8 Å². The number of aromatic nitrogens is 3. The van der Waals surface area contributed by atoms with Crippen LogP contribution in [0.3, 0.4) is 0 Å². The van der Waals surface area contributed by atoms with Gasteiger partial charge in [-0.05, 0) is 24.3 Å². The molecule has 2 heterocycles. The van der Waals surface area contributed by atoms with Crippen LogP contribution in [0, 0.1) is 0 Å². The molecule has 2 aromatic heterocycles. The number of rotatable bonds is 4. The summed E-state index contributed by atoms with van der Waals surface area (Å²) in [5.74, 6) is 0.771. The summed E-state index contributed by atoms with van der Waals surface area (Å²) in [6.07, 6.45) is 3.48. The number of para-hydroxylation sites is 2. The van der Waals surface area contributed by atoms with Gasteiger partial charge in [-0.3, -0.25) is 4.98 Å². The van der Waals surface area contributed by atoms with Crippen molar-refractivity contribution >= 4 is 22.2 Å². The molecule has 5 nitrogen and oxygen atoms in total. The Balaban J connectivity index is 1.84. The molecule has 1 aromatic carbocycles. The quantitative estimate of drug-likeness (QED) is 0.796. The van der Waals surface area contributed by atoms with E-state index in [2.05, 4.69) is 20.5 Å². The molecule has 0 bridgehead atoms. The van der Waals surface area contributed by atoms with Crippen LogP contribution in [0.4, 0.5) is 10.8 Å². The molecule has 3 rings (SSSR count). The first-order valence-corrected chi connectivity index (χ1v) is 6.82. The van der Waals surface area contributed by atoms with Crippen LogP contribution in [0.25, 0.3) is 10.6 Å². The minimum absolute atomic E-state index is 0.723. The lowest BCUT2D eigenvalue weighted by molar-refractivity contribution is 0.417. The molecule has 0 unspecified atom stereocenters. The van der Waals surface area contributed by atoms with Gasteiger partial charge in [-0.15, -0.1) is 10.2 Å². The monoisotopic (exact) mass is 284 g/mol. The second kappa shape index (κ2) is 5.66. The van der Waals surface area contributed by atoms with E-state index < -0.39 is 0 Å². The average molecular weight is 284 g/mol.